The van der Waals surface area contributed by atoms with Crippen LogP contribution in [-0.4, -0.2) is 35.3 Å². The quantitative estimate of drug-likeness (QED) is 0.548. The third-order valence-electron chi connectivity index (χ3n) is 3.22. The number of esters is 1. The van der Waals surface area contributed by atoms with E-state index in [1.807, 2.05) is 0 Å². The summed E-state index contributed by atoms with van der Waals surface area (Å²) in [4.78, 5) is 23.4. The van der Waals surface area contributed by atoms with Crippen LogP contribution < -0.4 is 15.6 Å². The Morgan fingerprint density at radius 2 is 1.26 bits per heavy atom. The molecule has 0 bridgehead atoms. The molecule has 12 heteroatoms. The molecule has 1 amide bonds. The van der Waals surface area contributed by atoms with E-state index >= 15 is 0 Å². The third kappa shape index (κ3) is 5.86. The minimum absolute atomic E-state index is 0.0349. The number of primary sulfonamides is 2. The number of benzene rings is 2. The molecule has 144 valence electrons. The molecular formula is C15H15N3O7S2. The van der Waals surface area contributed by atoms with Gasteiger partial charge in [-0.1, -0.05) is 0 Å². The predicted molar refractivity (Wildman–Crippen MR) is 94.5 cm³/mol. The summed E-state index contributed by atoms with van der Waals surface area (Å²) >= 11 is 0. The van der Waals surface area contributed by atoms with Crippen LogP contribution in [0.15, 0.2) is 58.3 Å². The Morgan fingerprint density at radius 1 is 0.815 bits per heavy atom. The number of nitrogens with one attached hydrogen (secondary N) is 1. The fourth-order valence-electron chi connectivity index (χ4n) is 1.92. The number of hydrogen-bond acceptors (Lipinski definition) is 7. The SMILES string of the molecule is NS(=O)(=O)c1ccc(NC(=O)COC(=O)c2ccc(S(N)(=O)=O)cc2)cc1. The van der Waals surface area contributed by atoms with Gasteiger partial charge in [-0.3, -0.25) is 4.79 Å². The molecule has 0 heterocycles. The molecule has 2 aromatic rings. The number of carbonyl (C=O) groups is 2. The molecule has 0 saturated carbocycles. The van der Waals surface area contributed by atoms with Gasteiger partial charge in [0.05, 0.1) is 15.4 Å². The Morgan fingerprint density at radius 3 is 1.70 bits per heavy atom. The molecule has 2 aromatic carbocycles. The Kier molecular flexibility index (Phi) is 5.95. The normalized spacial score (nSPS) is 11.6. The van der Waals surface area contributed by atoms with Gasteiger partial charge in [0.2, 0.25) is 20.0 Å². The second-order valence-electron chi connectivity index (χ2n) is 5.26. The van der Waals surface area contributed by atoms with Crippen LogP contribution in [0.4, 0.5) is 5.69 Å². The lowest BCUT2D eigenvalue weighted by Gasteiger charge is -2.07. The van der Waals surface area contributed by atoms with Crippen LogP contribution in [0.3, 0.4) is 0 Å². The fraction of sp³-hybridized carbons (Fsp3) is 0.0667. The van der Waals surface area contributed by atoms with Crippen LogP contribution in [0.2, 0.25) is 0 Å². The zero-order chi connectivity index (χ0) is 20.2. The number of ether oxygens (including phenoxy) is 1. The lowest BCUT2D eigenvalue weighted by Crippen LogP contribution is -2.21. The minimum atomic E-state index is -3.88. The topological polar surface area (TPSA) is 176 Å². The Hall–Kier alpha value is -2.80. The summed E-state index contributed by atoms with van der Waals surface area (Å²) in [7, 11) is -7.72. The summed E-state index contributed by atoms with van der Waals surface area (Å²) in [5.74, 6) is -1.50. The number of carbonyl (C=O) groups excluding carboxylic acids is 2. The highest BCUT2D eigenvalue weighted by atomic mass is 32.2. The van der Waals surface area contributed by atoms with Crippen molar-refractivity contribution < 1.29 is 31.2 Å². The van der Waals surface area contributed by atoms with E-state index in [1.165, 1.54) is 36.4 Å². The second-order valence-corrected chi connectivity index (χ2v) is 8.39. The van der Waals surface area contributed by atoms with E-state index in [-0.39, 0.29) is 21.0 Å². The smallest absolute Gasteiger partial charge is 0.338 e. The van der Waals surface area contributed by atoms with Crippen molar-refractivity contribution in [3.05, 3.63) is 54.1 Å². The first-order chi connectivity index (χ1) is 12.5. The summed E-state index contributed by atoms with van der Waals surface area (Å²) in [6.07, 6.45) is 0. The standard InChI is InChI=1S/C15H15N3O7S2/c16-26(21,22)12-5-1-10(2-6-12)15(20)25-9-14(19)18-11-3-7-13(8-4-11)27(17,23)24/h1-8H,9H2,(H,18,19)(H2,16,21,22)(H2,17,23,24). The molecule has 0 spiro atoms. The first-order valence-corrected chi connectivity index (χ1v) is 10.3. The van der Waals surface area contributed by atoms with Crippen molar-refractivity contribution >= 4 is 37.6 Å². The maximum atomic E-state index is 11.9. The van der Waals surface area contributed by atoms with Crippen molar-refractivity contribution in [2.75, 3.05) is 11.9 Å². The number of sulfonamides is 2. The van der Waals surface area contributed by atoms with Crippen LogP contribution in [0.1, 0.15) is 10.4 Å². The van der Waals surface area contributed by atoms with Gasteiger partial charge in [0, 0.05) is 5.69 Å². The molecule has 0 unspecified atom stereocenters. The third-order valence-corrected chi connectivity index (χ3v) is 5.08. The van der Waals surface area contributed by atoms with Crippen LogP contribution >= 0.6 is 0 Å². The Bertz CT molecular complexity index is 1060. The number of amides is 1. The predicted octanol–water partition coefficient (Wildman–Crippen LogP) is -0.223. The molecule has 0 fully saturated rings. The molecule has 0 aliphatic carbocycles. The first kappa shape index (κ1) is 20.5. The second kappa shape index (κ2) is 7.84. The van der Waals surface area contributed by atoms with Gasteiger partial charge in [-0.05, 0) is 48.5 Å². The van der Waals surface area contributed by atoms with E-state index in [9.17, 15) is 26.4 Å². The lowest BCUT2D eigenvalue weighted by molar-refractivity contribution is -0.119. The largest absolute Gasteiger partial charge is 0.452 e. The van der Waals surface area contributed by atoms with Gasteiger partial charge in [0.25, 0.3) is 5.91 Å². The van der Waals surface area contributed by atoms with E-state index in [4.69, 9.17) is 15.0 Å². The van der Waals surface area contributed by atoms with Gasteiger partial charge in [-0.15, -0.1) is 0 Å². The number of nitrogens with two attached hydrogens (primary N) is 2. The van der Waals surface area contributed by atoms with Crippen molar-refractivity contribution in [3.8, 4) is 0 Å². The fourth-order valence-corrected chi connectivity index (χ4v) is 2.95. The molecule has 0 atom stereocenters. The van der Waals surface area contributed by atoms with E-state index in [0.717, 1.165) is 12.1 Å². The van der Waals surface area contributed by atoms with E-state index in [1.54, 1.807) is 0 Å². The Balaban J connectivity index is 1.92. The maximum absolute atomic E-state index is 11.9. The van der Waals surface area contributed by atoms with Gasteiger partial charge in [-0.25, -0.2) is 31.9 Å². The number of anilines is 1. The molecule has 2 rings (SSSR count). The highest BCUT2D eigenvalue weighted by molar-refractivity contribution is 7.89. The summed E-state index contributed by atoms with van der Waals surface area (Å²) in [5, 5.41) is 12.3. The van der Waals surface area contributed by atoms with Crippen LogP contribution in [0.25, 0.3) is 0 Å². The van der Waals surface area contributed by atoms with Crippen molar-refractivity contribution in [3.63, 3.8) is 0 Å². The van der Waals surface area contributed by atoms with Gasteiger partial charge in [-0.2, -0.15) is 0 Å². The first-order valence-electron chi connectivity index (χ1n) is 7.19. The van der Waals surface area contributed by atoms with Crippen LogP contribution in [0.5, 0.6) is 0 Å². The lowest BCUT2D eigenvalue weighted by atomic mass is 10.2. The van der Waals surface area contributed by atoms with E-state index in [2.05, 4.69) is 5.32 Å². The molecule has 0 aromatic heterocycles. The molecule has 27 heavy (non-hydrogen) atoms. The molecule has 0 aliphatic heterocycles. The molecule has 10 nitrogen and oxygen atoms in total. The molecular weight excluding hydrogens is 398 g/mol. The van der Waals surface area contributed by atoms with E-state index < -0.39 is 38.5 Å². The highest BCUT2D eigenvalue weighted by Crippen LogP contribution is 2.13. The van der Waals surface area contributed by atoms with E-state index in [0.29, 0.717) is 0 Å². The molecule has 0 saturated heterocycles. The molecule has 0 aliphatic rings. The minimum Gasteiger partial charge on any atom is -0.452 e. The summed E-state index contributed by atoms with van der Waals surface area (Å²) < 4.78 is 49.4. The van der Waals surface area contributed by atoms with Gasteiger partial charge in [0.15, 0.2) is 6.61 Å². The van der Waals surface area contributed by atoms with Gasteiger partial charge < -0.3 is 10.1 Å². The van der Waals surface area contributed by atoms with Crippen molar-refractivity contribution in [1.82, 2.24) is 0 Å². The summed E-state index contributed by atoms with van der Waals surface area (Å²) in [6, 6.07) is 9.75. The molecule has 5 N–H and O–H groups in total. The van der Waals surface area contributed by atoms with Crippen molar-refractivity contribution in [1.29, 1.82) is 0 Å². The zero-order valence-corrected chi connectivity index (χ0v) is 15.3. The van der Waals surface area contributed by atoms with Gasteiger partial charge in [0.1, 0.15) is 0 Å². The summed E-state index contributed by atoms with van der Waals surface area (Å²) in [6.45, 7) is -0.604. The summed E-state index contributed by atoms with van der Waals surface area (Å²) in [5.41, 5.74) is 0.314. The number of hydrogen-bond donors (Lipinski definition) is 3. The van der Waals surface area contributed by atoms with Crippen molar-refractivity contribution in [2.24, 2.45) is 10.3 Å². The maximum Gasteiger partial charge on any atom is 0.338 e. The average Bonchev–Trinajstić information content (AvgIpc) is 2.58. The van der Waals surface area contributed by atoms with Crippen LogP contribution in [0, 0.1) is 0 Å². The van der Waals surface area contributed by atoms with Gasteiger partial charge >= 0.3 is 5.97 Å². The average molecular weight is 413 g/mol. The zero-order valence-electron chi connectivity index (χ0n) is 13.7. The number of rotatable bonds is 6. The van der Waals surface area contributed by atoms with Crippen LogP contribution in [-0.2, 0) is 29.6 Å². The van der Waals surface area contributed by atoms with Crippen molar-refractivity contribution in [2.45, 2.75) is 9.79 Å². The highest BCUT2D eigenvalue weighted by Gasteiger charge is 2.13. The Labute approximate surface area is 155 Å². The monoisotopic (exact) mass is 413 g/mol. The molecule has 0 radical (unpaired) electrons.